The number of nitrogen functional groups attached to an aromatic ring is 2. The number of nitrogens with two attached hydrogens (primary N) is 2. The van der Waals surface area contributed by atoms with E-state index < -0.39 is 22.9 Å². The third-order valence-electron chi connectivity index (χ3n) is 9.35. The Labute approximate surface area is 359 Å². The fraction of sp³-hybridized carbons (Fsp3) is 0.523. The second-order valence-corrected chi connectivity index (χ2v) is 17.2. The average molecular weight is 841 g/mol. The lowest BCUT2D eigenvalue weighted by atomic mass is 9.92. The zero-order chi connectivity index (χ0) is 45.2. The Morgan fingerprint density at radius 1 is 0.705 bits per heavy atom. The first-order chi connectivity index (χ1) is 28.7. The number of aliphatic carboxylic acids is 1. The van der Waals surface area contributed by atoms with E-state index in [4.69, 9.17) is 16.6 Å². The predicted molar refractivity (Wildman–Crippen MR) is 237 cm³/mol. The van der Waals surface area contributed by atoms with Crippen LogP contribution in [0.4, 0.5) is 23.5 Å². The Kier molecular flexibility index (Phi) is 19.2. The molecule has 4 heterocycles. The van der Waals surface area contributed by atoms with E-state index in [0.29, 0.717) is 41.8 Å². The quantitative estimate of drug-likeness (QED) is 0.0529. The summed E-state index contributed by atoms with van der Waals surface area (Å²) in [6, 6.07) is 3.47. The van der Waals surface area contributed by atoms with Gasteiger partial charge in [0.2, 0.25) is 23.7 Å². The molecule has 2 unspecified atom stereocenters. The molecule has 0 saturated carbocycles. The summed E-state index contributed by atoms with van der Waals surface area (Å²) in [7, 11) is 0. The number of hydrogen-bond acceptors (Lipinski definition) is 14. The van der Waals surface area contributed by atoms with Crippen LogP contribution in [0.3, 0.4) is 0 Å². The molecule has 4 aromatic heterocycles. The number of unbranched alkanes of at least 4 members (excludes halogenated alkanes) is 4. The van der Waals surface area contributed by atoms with Gasteiger partial charge in [-0.2, -0.15) is 9.97 Å². The first kappa shape index (κ1) is 49.4. The third kappa shape index (κ3) is 19.3. The van der Waals surface area contributed by atoms with E-state index in [9.17, 15) is 19.5 Å². The van der Waals surface area contributed by atoms with Crippen LogP contribution in [0, 0.1) is 24.7 Å². The van der Waals surface area contributed by atoms with Crippen molar-refractivity contribution in [3.05, 3.63) is 77.2 Å². The number of nitrogens with zero attached hydrogens (tertiary/aromatic N) is 8. The lowest BCUT2D eigenvalue weighted by Crippen LogP contribution is -2.30. The Morgan fingerprint density at radius 3 is 1.84 bits per heavy atom. The van der Waals surface area contributed by atoms with Gasteiger partial charge in [0.25, 0.3) is 0 Å². The molecule has 0 bridgehead atoms. The Morgan fingerprint density at radius 2 is 1.25 bits per heavy atom. The maximum Gasteiger partial charge on any atom is 0.303 e. The van der Waals surface area contributed by atoms with E-state index in [2.05, 4.69) is 50.5 Å². The molecule has 0 aromatic carbocycles. The SMILES string of the molecule is Cc1ncc(/C=C/C(O)CCCCc2cc(NC(=O)C(C)(C)C)nc(NC(=O)C(C)(C)C)n2)cn1.Cc1ncc(C(CCCCCCc2cc(N)nc(N)n2)CC(=O)O)cn1. The Bertz CT molecular complexity index is 1980. The second kappa shape index (κ2) is 23.7. The van der Waals surface area contributed by atoms with Crippen LogP contribution >= 0.6 is 0 Å². The number of carboxylic acids is 1. The summed E-state index contributed by atoms with van der Waals surface area (Å²) in [6.07, 6.45) is 18.3. The highest BCUT2D eigenvalue weighted by Crippen LogP contribution is 2.26. The van der Waals surface area contributed by atoms with Gasteiger partial charge in [0.1, 0.15) is 23.3 Å². The molecule has 17 heteroatoms. The molecular weight excluding hydrogens is 777 g/mol. The molecule has 4 rings (SSSR count). The number of hydrogen-bond donors (Lipinski definition) is 6. The third-order valence-corrected chi connectivity index (χ3v) is 9.35. The van der Waals surface area contributed by atoms with Crippen LogP contribution in [-0.4, -0.2) is 74.0 Å². The van der Waals surface area contributed by atoms with E-state index >= 15 is 0 Å². The lowest BCUT2D eigenvalue weighted by Gasteiger charge is -2.19. The minimum atomic E-state index is -0.797. The molecule has 8 N–H and O–H groups in total. The number of aryl methyl sites for hydroxylation is 4. The van der Waals surface area contributed by atoms with Crippen molar-refractivity contribution in [1.29, 1.82) is 0 Å². The topological polar surface area (TPSA) is 271 Å². The molecule has 4 aromatic rings. The maximum absolute atomic E-state index is 12.5. The van der Waals surface area contributed by atoms with Crippen molar-refractivity contribution in [2.45, 2.75) is 138 Å². The highest BCUT2D eigenvalue weighted by atomic mass is 16.4. The van der Waals surface area contributed by atoms with Crippen molar-refractivity contribution in [3.8, 4) is 0 Å². The molecule has 330 valence electrons. The summed E-state index contributed by atoms with van der Waals surface area (Å²) in [5, 5.41) is 25.0. The van der Waals surface area contributed by atoms with Crippen LogP contribution in [0.1, 0.15) is 139 Å². The Hall–Kier alpha value is -5.97. The summed E-state index contributed by atoms with van der Waals surface area (Å²) < 4.78 is 0. The zero-order valence-corrected chi connectivity index (χ0v) is 36.9. The van der Waals surface area contributed by atoms with Gasteiger partial charge in [-0.15, -0.1) is 0 Å². The van der Waals surface area contributed by atoms with Crippen LogP contribution in [0.2, 0.25) is 0 Å². The van der Waals surface area contributed by atoms with Gasteiger partial charge in [-0.1, -0.05) is 79.4 Å². The molecule has 0 saturated heterocycles. The summed E-state index contributed by atoms with van der Waals surface area (Å²) in [6.45, 7) is 14.5. The van der Waals surface area contributed by atoms with E-state index in [0.717, 1.165) is 68.2 Å². The molecule has 2 amide bonds. The average Bonchev–Trinajstić information content (AvgIpc) is 3.16. The fourth-order valence-corrected chi connectivity index (χ4v) is 5.73. The van der Waals surface area contributed by atoms with Gasteiger partial charge in [-0.25, -0.2) is 29.9 Å². The number of nitrogens with one attached hydrogen (secondary N) is 2. The molecule has 0 aliphatic heterocycles. The molecule has 61 heavy (non-hydrogen) atoms. The normalized spacial score (nSPS) is 12.6. The highest BCUT2D eigenvalue weighted by molar-refractivity contribution is 5.95. The van der Waals surface area contributed by atoms with E-state index in [1.54, 1.807) is 63.8 Å². The highest BCUT2D eigenvalue weighted by Gasteiger charge is 2.25. The lowest BCUT2D eigenvalue weighted by molar-refractivity contribution is -0.137. The molecule has 0 radical (unpaired) electrons. The number of rotatable bonds is 19. The van der Waals surface area contributed by atoms with Crippen LogP contribution in [0.5, 0.6) is 0 Å². The Balaban J connectivity index is 0.000000340. The molecule has 17 nitrogen and oxygen atoms in total. The first-order valence-electron chi connectivity index (χ1n) is 20.7. The number of aromatic nitrogens is 8. The van der Waals surface area contributed by atoms with Gasteiger partial charge >= 0.3 is 5.97 Å². The van der Waals surface area contributed by atoms with Crippen molar-refractivity contribution >= 4 is 47.4 Å². The number of aliphatic hydroxyl groups excluding tert-OH is 1. The van der Waals surface area contributed by atoms with Crippen molar-refractivity contribution in [1.82, 2.24) is 39.9 Å². The number of carboxylic acid groups (broad SMARTS) is 1. The van der Waals surface area contributed by atoms with Crippen molar-refractivity contribution in [3.63, 3.8) is 0 Å². The molecule has 2 atom stereocenters. The molecule has 0 aliphatic carbocycles. The zero-order valence-electron chi connectivity index (χ0n) is 36.9. The summed E-state index contributed by atoms with van der Waals surface area (Å²) in [5.74, 6) is 1.27. The summed E-state index contributed by atoms with van der Waals surface area (Å²) in [5.41, 5.74) is 13.3. The standard InChI is InChI=1S/C26H38N6O3.C18H26N6O2/c1-17-27-15-18(16-28-17)12-13-20(33)11-9-8-10-19-14-21(30-22(34)25(2,3)4)31-24(29-19)32-23(35)26(5,6)7;1-12-21-10-14(11-22-12)13(8-17(25)26)6-4-2-3-5-7-15-9-16(19)24-18(20)23-15/h12-16,20,33H,8-11H2,1-7H3,(H2,29,30,31,32,34,35);9-11,13H,2-8H2,1H3,(H,25,26)(H4,19,20,23,24)/b13-12+;. The second-order valence-electron chi connectivity index (χ2n) is 17.2. The van der Waals surface area contributed by atoms with Gasteiger partial charge in [0, 0.05) is 64.7 Å². The summed E-state index contributed by atoms with van der Waals surface area (Å²) >= 11 is 0. The number of aliphatic hydroxyl groups is 1. The van der Waals surface area contributed by atoms with E-state index in [1.807, 2.05) is 40.7 Å². The minimum absolute atomic E-state index is 0.0467. The largest absolute Gasteiger partial charge is 0.481 e. The van der Waals surface area contributed by atoms with Gasteiger partial charge < -0.3 is 27.0 Å². The van der Waals surface area contributed by atoms with Crippen LogP contribution in [0.25, 0.3) is 6.08 Å². The number of carbonyl (C=O) groups excluding carboxylic acids is 2. The molecule has 0 fully saturated rings. The van der Waals surface area contributed by atoms with Gasteiger partial charge in [-0.3, -0.25) is 19.7 Å². The van der Waals surface area contributed by atoms with Gasteiger partial charge in [0.05, 0.1) is 12.5 Å². The van der Waals surface area contributed by atoms with Gasteiger partial charge in [0.15, 0.2) is 0 Å². The van der Waals surface area contributed by atoms with E-state index in [1.165, 1.54) is 0 Å². The number of anilines is 4. The first-order valence-corrected chi connectivity index (χ1v) is 20.7. The molecule has 0 spiro atoms. The molecule has 0 aliphatic rings. The van der Waals surface area contributed by atoms with Crippen molar-refractivity contribution < 1.29 is 24.6 Å². The predicted octanol–water partition coefficient (Wildman–Crippen LogP) is 6.82. The smallest absolute Gasteiger partial charge is 0.303 e. The molecular formula is C44H64N12O5. The number of amides is 2. The van der Waals surface area contributed by atoms with Crippen LogP contribution in [0.15, 0.2) is 43.0 Å². The van der Waals surface area contributed by atoms with E-state index in [-0.39, 0.29) is 36.0 Å². The summed E-state index contributed by atoms with van der Waals surface area (Å²) in [4.78, 5) is 69.4. The van der Waals surface area contributed by atoms with Crippen LogP contribution < -0.4 is 22.1 Å². The van der Waals surface area contributed by atoms with Gasteiger partial charge in [-0.05, 0) is 63.9 Å². The van der Waals surface area contributed by atoms with Crippen molar-refractivity contribution in [2.75, 3.05) is 22.1 Å². The fourth-order valence-electron chi connectivity index (χ4n) is 5.73. The maximum atomic E-state index is 12.5. The number of carbonyl (C=O) groups is 3. The minimum Gasteiger partial charge on any atom is -0.481 e. The van der Waals surface area contributed by atoms with Crippen molar-refractivity contribution in [2.24, 2.45) is 10.8 Å². The van der Waals surface area contributed by atoms with Crippen LogP contribution in [-0.2, 0) is 27.2 Å². The monoisotopic (exact) mass is 841 g/mol.